The summed E-state index contributed by atoms with van der Waals surface area (Å²) in [6.07, 6.45) is 5.98. The number of carbonyl (C=O) groups is 1. The third kappa shape index (κ3) is 4.31. The number of sulfone groups is 1. The highest BCUT2D eigenvalue weighted by Crippen LogP contribution is 2.36. The Morgan fingerprint density at radius 2 is 2.38 bits per heavy atom. The summed E-state index contributed by atoms with van der Waals surface area (Å²) in [6, 6.07) is 3.83. The predicted octanol–water partition coefficient (Wildman–Crippen LogP) is 0.403. The number of nitrogens with zero attached hydrogens (tertiary/aromatic N) is 2. The number of rotatable bonds is 5. The maximum absolute atomic E-state index is 12.0. The molecule has 3 heterocycles. The van der Waals surface area contributed by atoms with E-state index >= 15 is 0 Å². The van der Waals surface area contributed by atoms with E-state index in [1.54, 1.807) is 17.3 Å². The van der Waals surface area contributed by atoms with Crippen LogP contribution in [0.4, 0.5) is 0 Å². The van der Waals surface area contributed by atoms with Gasteiger partial charge < -0.3 is 14.4 Å². The molecule has 1 aromatic heterocycles. The molecule has 1 aromatic rings. The van der Waals surface area contributed by atoms with Gasteiger partial charge in [0, 0.05) is 38.2 Å². The van der Waals surface area contributed by atoms with Crippen molar-refractivity contribution in [1.82, 2.24) is 9.88 Å². The van der Waals surface area contributed by atoms with E-state index in [0.717, 1.165) is 24.7 Å². The summed E-state index contributed by atoms with van der Waals surface area (Å²) in [7, 11) is -3.31. The summed E-state index contributed by atoms with van der Waals surface area (Å²) in [6.45, 7) is 1.95. The van der Waals surface area contributed by atoms with E-state index in [4.69, 9.17) is 9.47 Å². The molecule has 132 valence electrons. The Morgan fingerprint density at radius 3 is 3.08 bits per heavy atom. The average Bonchev–Trinajstić information content (AvgIpc) is 3.12. The van der Waals surface area contributed by atoms with Crippen molar-refractivity contribution in [2.24, 2.45) is 0 Å². The Kier molecular flexibility index (Phi) is 4.89. The summed E-state index contributed by atoms with van der Waals surface area (Å²) >= 11 is 0. The van der Waals surface area contributed by atoms with Crippen LogP contribution in [0.3, 0.4) is 0 Å². The van der Waals surface area contributed by atoms with Crippen LogP contribution in [0.5, 0.6) is 0 Å². The monoisotopic (exact) mass is 354 g/mol. The van der Waals surface area contributed by atoms with Crippen molar-refractivity contribution in [2.75, 3.05) is 31.7 Å². The Morgan fingerprint density at radius 1 is 1.54 bits per heavy atom. The Balaban J connectivity index is 1.51. The molecule has 0 aromatic carbocycles. The third-order valence-electron chi connectivity index (χ3n) is 4.44. The highest BCUT2D eigenvalue weighted by Gasteiger charge is 2.47. The SMILES string of the molecule is CS(=O)(=O)CC(=O)N1CC[C@]2(C[C@H](OCc3cccnc3)CO2)C1. The van der Waals surface area contributed by atoms with Crippen molar-refractivity contribution in [3.8, 4) is 0 Å². The normalized spacial score (nSPS) is 27.0. The standard InChI is InChI=1S/C16H22N2O5S/c1-24(20,21)11-15(19)18-6-4-16(12-18)7-14(10-23-16)22-9-13-3-2-5-17-8-13/h2-3,5,8,14H,4,6-7,9-12H2,1H3/t14-,16-/m0/s1. The number of likely N-dealkylation sites (tertiary alicyclic amines) is 1. The van der Waals surface area contributed by atoms with Gasteiger partial charge in [-0.1, -0.05) is 6.07 Å². The zero-order valence-electron chi connectivity index (χ0n) is 13.7. The minimum atomic E-state index is -3.31. The third-order valence-corrected chi connectivity index (χ3v) is 5.21. The quantitative estimate of drug-likeness (QED) is 0.761. The second kappa shape index (κ2) is 6.78. The van der Waals surface area contributed by atoms with E-state index in [1.165, 1.54) is 0 Å². The summed E-state index contributed by atoms with van der Waals surface area (Å²) in [4.78, 5) is 17.7. The van der Waals surface area contributed by atoms with Crippen LogP contribution in [0.25, 0.3) is 0 Å². The second-order valence-electron chi connectivity index (χ2n) is 6.63. The van der Waals surface area contributed by atoms with Crippen molar-refractivity contribution >= 4 is 15.7 Å². The highest BCUT2D eigenvalue weighted by molar-refractivity contribution is 7.91. The first-order valence-corrected chi connectivity index (χ1v) is 10.0. The molecule has 24 heavy (non-hydrogen) atoms. The molecule has 0 bridgehead atoms. The van der Waals surface area contributed by atoms with Gasteiger partial charge >= 0.3 is 0 Å². The smallest absolute Gasteiger partial charge is 0.237 e. The fraction of sp³-hybridized carbons (Fsp3) is 0.625. The molecular weight excluding hydrogens is 332 g/mol. The molecular formula is C16H22N2O5S. The van der Waals surface area contributed by atoms with Gasteiger partial charge in [0.05, 0.1) is 24.9 Å². The molecule has 0 unspecified atom stereocenters. The molecule has 2 atom stereocenters. The van der Waals surface area contributed by atoms with Gasteiger partial charge in [-0.2, -0.15) is 0 Å². The maximum atomic E-state index is 12.0. The van der Waals surface area contributed by atoms with Crippen LogP contribution < -0.4 is 0 Å². The first-order chi connectivity index (χ1) is 11.4. The molecule has 2 fully saturated rings. The fourth-order valence-electron chi connectivity index (χ4n) is 3.26. The van der Waals surface area contributed by atoms with Crippen LogP contribution in [0.2, 0.25) is 0 Å². The largest absolute Gasteiger partial charge is 0.371 e. The first kappa shape index (κ1) is 17.3. The number of ether oxygens (including phenoxy) is 2. The lowest BCUT2D eigenvalue weighted by Gasteiger charge is -2.23. The molecule has 2 aliphatic rings. The molecule has 0 aliphatic carbocycles. The van der Waals surface area contributed by atoms with Crippen LogP contribution in [0, 0.1) is 0 Å². The molecule has 0 saturated carbocycles. The summed E-state index contributed by atoms with van der Waals surface area (Å²) in [5.41, 5.74) is 0.613. The van der Waals surface area contributed by atoms with Gasteiger partial charge in [0.15, 0.2) is 9.84 Å². The second-order valence-corrected chi connectivity index (χ2v) is 8.77. The van der Waals surface area contributed by atoms with Crippen molar-refractivity contribution in [3.05, 3.63) is 30.1 Å². The summed E-state index contributed by atoms with van der Waals surface area (Å²) < 4.78 is 34.4. The minimum Gasteiger partial charge on any atom is -0.371 e. The molecule has 1 spiro atoms. The number of aromatic nitrogens is 1. The van der Waals surface area contributed by atoms with Gasteiger partial charge in [-0.15, -0.1) is 0 Å². The number of carbonyl (C=O) groups excluding carboxylic acids is 1. The van der Waals surface area contributed by atoms with Crippen molar-refractivity contribution in [2.45, 2.75) is 31.2 Å². The molecule has 8 heteroatoms. The van der Waals surface area contributed by atoms with Gasteiger partial charge in [0.25, 0.3) is 0 Å². The van der Waals surface area contributed by atoms with Gasteiger partial charge in [-0.3, -0.25) is 9.78 Å². The van der Waals surface area contributed by atoms with E-state index in [2.05, 4.69) is 4.98 Å². The predicted molar refractivity (Wildman–Crippen MR) is 87.0 cm³/mol. The molecule has 1 amide bonds. The fourth-order valence-corrected chi connectivity index (χ4v) is 3.90. The van der Waals surface area contributed by atoms with Gasteiger partial charge in [0.2, 0.25) is 5.91 Å². The van der Waals surface area contributed by atoms with Crippen LogP contribution in [-0.2, 0) is 30.7 Å². The van der Waals surface area contributed by atoms with E-state index in [1.807, 2.05) is 12.1 Å². The number of hydrogen-bond acceptors (Lipinski definition) is 6. The van der Waals surface area contributed by atoms with E-state index < -0.39 is 21.2 Å². The molecule has 0 radical (unpaired) electrons. The van der Waals surface area contributed by atoms with E-state index in [0.29, 0.717) is 26.3 Å². The summed E-state index contributed by atoms with van der Waals surface area (Å²) in [5.74, 6) is -0.790. The van der Waals surface area contributed by atoms with E-state index in [-0.39, 0.29) is 12.0 Å². The van der Waals surface area contributed by atoms with Crippen LogP contribution in [-0.4, -0.2) is 67.6 Å². The number of amides is 1. The van der Waals surface area contributed by atoms with Crippen molar-refractivity contribution < 1.29 is 22.7 Å². The number of hydrogen-bond donors (Lipinski definition) is 0. The zero-order chi connectivity index (χ0) is 17.2. The van der Waals surface area contributed by atoms with Crippen molar-refractivity contribution in [1.29, 1.82) is 0 Å². The minimum absolute atomic E-state index is 0.0184. The van der Waals surface area contributed by atoms with Gasteiger partial charge in [0.1, 0.15) is 5.75 Å². The van der Waals surface area contributed by atoms with Crippen LogP contribution in [0.15, 0.2) is 24.5 Å². The lowest BCUT2D eigenvalue weighted by molar-refractivity contribution is -0.128. The highest BCUT2D eigenvalue weighted by atomic mass is 32.2. The van der Waals surface area contributed by atoms with Gasteiger partial charge in [-0.05, 0) is 18.1 Å². The van der Waals surface area contributed by atoms with E-state index in [9.17, 15) is 13.2 Å². The van der Waals surface area contributed by atoms with Crippen LogP contribution in [0.1, 0.15) is 18.4 Å². The summed E-state index contributed by atoms with van der Waals surface area (Å²) in [5, 5.41) is 0. The Labute approximate surface area is 141 Å². The molecule has 3 rings (SSSR count). The molecule has 7 nitrogen and oxygen atoms in total. The number of pyridine rings is 1. The first-order valence-electron chi connectivity index (χ1n) is 7.95. The lowest BCUT2D eigenvalue weighted by atomic mass is 9.98. The average molecular weight is 354 g/mol. The Hall–Kier alpha value is -1.51. The lowest BCUT2D eigenvalue weighted by Crippen LogP contribution is -2.38. The maximum Gasteiger partial charge on any atom is 0.237 e. The van der Waals surface area contributed by atoms with Crippen LogP contribution >= 0.6 is 0 Å². The molecule has 0 N–H and O–H groups in total. The Bertz CT molecular complexity index is 694. The van der Waals surface area contributed by atoms with Gasteiger partial charge in [-0.25, -0.2) is 8.42 Å². The van der Waals surface area contributed by atoms with Crippen molar-refractivity contribution in [3.63, 3.8) is 0 Å². The zero-order valence-corrected chi connectivity index (χ0v) is 14.5. The molecule has 2 aliphatic heterocycles. The topological polar surface area (TPSA) is 85.8 Å². The molecule has 2 saturated heterocycles.